The molecule has 0 bridgehead atoms. The second kappa shape index (κ2) is 7.36. The Morgan fingerprint density at radius 3 is 2.79 bits per heavy atom. The van der Waals surface area contributed by atoms with E-state index in [1.54, 1.807) is 42.1 Å². The Kier molecular flexibility index (Phi) is 4.75. The molecule has 3 aromatic rings. The SMILES string of the molecule is COc1cccc(-c2cc3n(n2)[C@@H](C(=O)Nc2ccc(Cl)cc2)CC(=O)N3)c1. The summed E-state index contributed by atoms with van der Waals surface area (Å²) >= 11 is 5.88. The monoisotopic (exact) mass is 396 g/mol. The van der Waals surface area contributed by atoms with Crippen molar-refractivity contribution < 1.29 is 14.3 Å². The molecular formula is C20H17ClN4O3. The molecule has 8 heteroatoms. The Hall–Kier alpha value is -3.32. The smallest absolute Gasteiger partial charge is 0.249 e. The van der Waals surface area contributed by atoms with Crippen molar-refractivity contribution in [1.29, 1.82) is 0 Å². The highest BCUT2D eigenvalue weighted by Crippen LogP contribution is 2.31. The van der Waals surface area contributed by atoms with Crippen LogP contribution in [0.3, 0.4) is 0 Å². The van der Waals surface area contributed by atoms with Crippen LogP contribution in [0.2, 0.25) is 5.02 Å². The van der Waals surface area contributed by atoms with Gasteiger partial charge in [-0.15, -0.1) is 0 Å². The fraction of sp³-hybridized carbons (Fsp3) is 0.150. The minimum atomic E-state index is -0.751. The van der Waals surface area contributed by atoms with Gasteiger partial charge < -0.3 is 15.4 Å². The second-order valence-electron chi connectivity index (χ2n) is 6.36. The number of nitrogens with one attached hydrogen (secondary N) is 2. The second-order valence-corrected chi connectivity index (χ2v) is 6.79. The number of carbonyl (C=O) groups is 2. The first-order valence-corrected chi connectivity index (χ1v) is 9.01. The lowest BCUT2D eigenvalue weighted by Crippen LogP contribution is -2.35. The third kappa shape index (κ3) is 3.57. The zero-order valence-electron chi connectivity index (χ0n) is 15.0. The first-order valence-electron chi connectivity index (χ1n) is 8.64. The van der Waals surface area contributed by atoms with Crippen molar-refractivity contribution in [1.82, 2.24) is 9.78 Å². The molecule has 0 fully saturated rings. The summed E-state index contributed by atoms with van der Waals surface area (Å²) < 4.78 is 6.79. The van der Waals surface area contributed by atoms with E-state index >= 15 is 0 Å². The topological polar surface area (TPSA) is 85.2 Å². The number of benzene rings is 2. The molecule has 0 unspecified atom stereocenters. The maximum Gasteiger partial charge on any atom is 0.249 e. The van der Waals surface area contributed by atoms with E-state index in [2.05, 4.69) is 15.7 Å². The molecule has 1 atom stereocenters. The predicted molar refractivity (Wildman–Crippen MR) is 107 cm³/mol. The zero-order chi connectivity index (χ0) is 19.7. The molecule has 0 radical (unpaired) electrons. The lowest BCUT2D eigenvalue weighted by molar-refractivity contribution is -0.125. The number of fused-ring (bicyclic) bond motifs is 1. The van der Waals surface area contributed by atoms with E-state index in [1.807, 2.05) is 24.3 Å². The molecule has 2 heterocycles. The van der Waals surface area contributed by atoms with Crippen LogP contribution in [0.1, 0.15) is 12.5 Å². The predicted octanol–water partition coefficient (Wildman–Crippen LogP) is 3.73. The summed E-state index contributed by atoms with van der Waals surface area (Å²) in [6, 6.07) is 15.2. The largest absolute Gasteiger partial charge is 0.497 e. The molecule has 4 rings (SSSR count). The Bertz CT molecular complexity index is 1050. The Morgan fingerprint density at radius 1 is 1.25 bits per heavy atom. The summed E-state index contributed by atoms with van der Waals surface area (Å²) in [6.45, 7) is 0. The van der Waals surface area contributed by atoms with E-state index in [0.717, 1.165) is 5.56 Å². The number of methoxy groups -OCH3 is 1. The van der Waals surface area contributed by atoms with E-state index in [9.17, 15) is 9.59 Å². The number of hydrogen-bond acceptors (Lipinski definition) is 4. The Morgan fingerprint density at radius 2 is 2.04 bits per heavy atom. The van der Waals surface area contributed by atoms with Crippen molar-refractivity contribution >= 4 is 34.9 Å². The molecule has 2 amide bonds. The van der Waals surface area contributed by atoms with E-state index in [1.165, 1.54) is 0 Å². The lowest BCUT2D eigenvalue weighted by Gasteiger charge is -2.23. The molecule has 1 aliphatic heterocycles. The van der Waals surface area contributed by atoms with Gasteiger partial charge in [-0.05, 0) is 36.4 Å². The third-order valence-corrected chi connectivity index (χ3v) is 4.71. The zero-order valence-corrected chi connectivity index (χ0v) is 15.7. The average Bonchev–Trinajstić information content (AvgIpc) is 3.13. The molecule has 0 saturated heterocycles. The highest BCUT2D eigenvalue weighted by atomic mass is 35.5. The van der Waals surface area contributed by atoms with Gasteiger partial charge in [-0.2, -0.15) is 5.10 Å². The van der Waals surface area contributed by atoms with Crippen LogP contribution in [0.5, 0.6) is 5.75 Å². The van der Waals surface area contributed by atoms with Gasteiger partial charge in [0, 0.05) is 22.3 Å². The highest BCUT2D eigenvalue weighted by molar-refractivity contribution is 6.30. The number of hydrogen-bond donors (Lipinski definition) is 2. The average molecular weight is 397 g/mol. The Labute approximate surface area is 166 Å². The standard InChI is InChI=1S/C20H17ClN4O3/c1-28-15-4-2-3-12(9-15)16-10-18-23-19(26)11-17(25(18)24-16)20(27)22-14-7-5-13(21)6-8-14/h2-10,17H,11H2,1H3,(H,22,27)(H,23,26)/t17-/m1/s1. The summed E-state index contributed by atoms with van der Waals surface area (Å²) in [6.07, 6.45) is 0.00561. The van der Waals surface area contributed by atoms with Gasteiger partial charge in [0.2, 0.25) is 11.8 Å². The van der Waals surface area contributed by atoms with Gasteiger partial charge in [0.05, 0.1) is 19.2 Å². The fourth-order valence-electron chi connectivity index (χ4n) is 3.07. The molecule has 142 valence electrons. The van der Waals surface area contributed by atoms with Crippen LogP contribution in [0.25, 0.3) is 11.3 Å². The molecular weight excluding hydrogens is 380 g/mol. The summed E-state index contributed by atoms with van der Waals surface area (Å²) in [5.74, 6) is 0.620. The number of rotatable bonds is 4. The molecule has 1 aliphatic rings. The fourth-order valence-corrected chi connectivity index (χ4v) is 3.19. The Balaban J connectivity index is 1.64. The number of amides is 2. The lowest BCUT2D eigenvalue weighted by atomic mass is 10.1. The van der Waals surface area contributed by atoms with Gasteiger partial charge in [0.15, 0.2) is 0 Å². The van der Waals surface area contributed by atoms with Gasteiger partial charge in [0.25, 0.3) is 0 Å². The summed E-state index contributed by atoms with van der Waals surface area (Å²) in [7, 11) is 1.59. The van der Waals surface area contributed by atoms with Crippen molar-refractivity contribution in [2.24, 2.45) is 0 Å². The summed E-state index contributed by atoms with van der Waals surface area (Å²) in [5, 5.41) is 10.7. The van der Waals surface area contributed by atoms with E-state index in [0.29, 0.717) is 28.0 Å². The highest BCUT2D eigenvalue weighted by Gasteiger charge is 2.32. The molecule has 0 saturated carbocycles. The molecule has 2 aromatic carbocycles. The van der Waals surface area contributed by atoms with Crippen LogP contribution >= 0.6 is 11.6 Å². The first kappa shape index (κ1) is 18.1. The van der Waals surface area contributed by atoms with Crippen molar-refractivity contribution in [3.05, 3.63) is 59.6 Å². The van der Waals surface area contributed by atoms with Crippen molar-refractivity contribution in [3.8, 4) is 17.0 Å². The van der Waals surface area contributed by atoms with E-state index < -0.39 is 6.04 Å². The molecule has 2 N–H and O–H groups in total. The molecule has 28 heavy (non-hydrogen) atoms. The van der Waals surface area contributed by atoms with Gasteiger partial charge in [0.1, 0.15) is 17.6 Å². The number of aromatic nitrogens is 2. The molecule has 7 nitrogen and oxygen atoms in total. The van der Waals surface area contributed by atoms with Crippen LogP contribution in [0, 0.1) is 0 Å². The molecule has 0 spiro atoms. The van der Waals surface area contributed by atoms with Crippen LogP contribution in [0.4, 0.5) is 11.5 Å². The normalized spacial score (nSPS) is 15.5. The van der Waals surface area contributed by atoms with Crippen LogP contribution in [0.15, 0.2) is 54.6 Å². The molecule has 0 aliphatic carbocycles. The summed E-state index contributed by atoms with van der Waals surface area (Å²) in [5.41, 5.74) is 2.06. The quantitative estimate of drug-likeness (QED) is 0.703. The van der Waals surface area contributed by atoms with Gasteiger partial charge in [-0.1, -0.05) is 23.7 Å². The van der Waals surface area contributed by atoms with Crippen molar-refractivity contribution in [2.75, 3.05) is 17.7 Å². The number of halogens is 1. The van der Waals surface area contributed by atoms with Gasteiger partial charge >= 0.3 is 0 Å². The van der Waals surface area contributed by atoms with Gasteiger partial charge in [-0.3, -0.25) is 9.59 Å². The minimum Gasteiger partial charge on any atom is -0.497 e. The van der Waals surface area contributed by atoms with Crippen LogP contribution in [-0.4, -0.2) is 28.7 Å². The van der Waals surface area contributed by atoms with E-state index in [-0.39, 0.29) is 18.2 Å². The number of carbonyl (C=O) groups excluding carboxylic acids is 2. The maximum atomic E-state index is 12.8. The van der Waals surface area contributed by atoms with Gasteiger partial charge in [-0.25, -0.2) is 4.68 Å². The third-order valence-electron chi connectivity index (χ3n) is 4.46. The van der Waals surface area contributed by atoms with Crippen LogP contribution < -0.4 is 15.4 Å². The van der Waals surface area contributed by atoms with Crippen LogP contribution in [-0.2, 0) is 9.59 Å². The van der Waals surface area contributed by atoms with E-state index in [4.69, 9.17) is 16.3 Å². The molecule has 1 aromatic heterocycles. The van der Waals surface area contributed by atoms with Crippen molar-refractivity contribution in [3.63, 3.8) is 0 Å². The summed E-state index contributed by atoms with van der Waals surface area (Å²) in [4.78, 5) is 24.9. The number of nitrogens with zero attached hydrogens (tertiary/aromatic N) is 2. The van der Waals surface area contributed by atoms with Crippen molar-refractivity contribution in [2.45, 2.75) is 12.5 Å². The first-order chi connectivity index (χ1) is 13.5. The number of anilines is 2. The minimum absolute atomic E-state index is 0.00561. The maximum absolute atomic E-state index is 12.8. The number of ether oxygens (including phenoxy) is 1.